The van der Waals surface area contributed by atoms with Crippen molar-refractivity contribution in [1.29, 1.82) is 0 Å². The lowest BCUT2D eigenvalue weighted by Gasteiger charge is -2.24. The van der Waals surface area contributed by atoms with E-state index in [2.05, 4.69) is 5.32 Å². The Morgan fingerprint density at radius 1 is 1.07 bits per heavy atom. The van der Waals surface area contributed by atoms with Crippen LogP contribution in [0.15, 0.2) is 48.5 Å². The highest BCUT2D eigenvalue weighted by molar-refractivity contribution is 6.30. The van der Waals surface area contributed by atoms with Gasteiger partial charge in [0.05, 0.1) is 5.69 Å². The number of ether oxygens (including phenoxy) is 2. The summed E-state index contributed by atoms with van der Waals surface area (Å²) in [5.74, 6) is -1.96. The molecule has 0 aliphatic carbocycles. The van der Waals surface area contributed by atoms with Gasteiger partial charge in [0, 0.05) is 5.02 Å². The van der Waals surface area contributed by atoms with Crippen molar-refractivity contribution in [3.63, 3.8) is 0 Å². The molecule has 2 N–H and O–H groups in total. The largest absolute Gasteiger partial charge is 0.476 e. The molecule has 0 spiro atoms. The van der Waals surface area contributed by atoms with Crippen LogP contribution in [-0.2, 0) is 14.3 Å². The van der Waals surface area contributed by atoms with Gasteiger partial charge in [-0.3, -0.25) is 10.1 Å². The molecule has 0 heterocycles. The number of rotatable bonds is 6. The number of halogens is 2. The van der Waals surface area contributed by atoms with Crippen LogP contribution >= 0.6 is 11.6 Å². The van der Waals surface area contributed by atoms with E-state index in [1.807, 2.05) is 5.32 Å². The predicted octanol–water partition coefficient (Wildman–Crippen LogP) is 3.53. The Bertz CT molecular complexity index is 871. The molecule has 2 aromatic carbocycles. The molecule has 0 radical (unpaired) electrons. The third-order valence-electron chi connectivity index (χ3n) is 3.39. The van der Waals surface area contributed by atoms with Crippen LogP contribution in [0.3, 0.4) is 0 Å². The first-order valence-electron chi connectivity index (χ1n) is 8.14. The third-order valence-corrected chi connectivity index (χ3v) is 3.64. The van der Waals surface area contributed by atoms with Crippen LogP contribution in [0.1, 0.15) is 13.8 Å². The zero-order valence-corrected chi connectivity index (χ0v) is 15.9. The summed E-state index contributed by atoms with van der Waals surface area (Å²) in [5, 5.41) is 4.62. The number of hydrogen-bond donors (Lipinski definition) is 2. The lowest BCUT2D eigenvalue weighted by Crippen LogP contribution is -2.43. The van der Waals surface area contributed by atoms with Gasteiger partial charge in [-0.25, -0.2) is 14.0 Å². The van der Waals surface area contributed by atoms with Crippen molar-refractivity contribution in [1.82, 2.24) is 5.32 Å². The SMILES string of the molecule is CC(C)(Oc1ccc(Cl)cc1)C(=O)OCC(=O)NC(=O)Nc1ccccc1F. The minimum atomic E-state index is -1.39. The third kappa shape index (κ3) is 6.24. The maximum atomic E-state index is 13.5. The molecule has 9 heteroatoms. The number of nitrogens with one attached hydrogen (secondary N) is 2. The predicted molar refractivity (Wildman–Crippen MR) is 101 cm³/mol. The van der Waals surface area contributed by atoms with Gasteiger partial charge in [0.1, 0.15) is 11.6 Å². The number of esters is 1. The minimum Gasteiger partial charge on any atom is -0.476 e. The number of anilines is 1. The highest BCUT2D eigenvalue weighted by atomic mass is 35.5. The number of imide groups is 1. The summed E-state index contributed by atoms with van der Waals surface area (Å²) >= 11 is 5.79. The number of hydrogen-bond acceptors (Lipinski definition) is 5. The normalized spacial score (nSPS) is 10.7. The van der Waals surface area contributed by atoms with Gasteiger partial charge >= 0.3 is 12.0 Å². The molecule has 0 aliphatic heterocycles. The number of para-hydroxylation sites is 1. The molecule has 0 unspecified atom stereocenters. The van der Waals surface area contributed by atoms with Gasteiger partial charge in [-0.05, 0) is 50.2 Å². The van der Waals surface area contributed by atoms with E-state index in [0.717, 1.165) is 6.07 Å². The van der Waals surface area contributed by atoms with E-state index in [0.29, 0.717) is 10.8 Å². The summed E-state index contributed by atoms with van der Waals surface area (Å²) in [6.07, 6.45) is 0. The van der Waals surface area contributed by atoms with Crippen molar-refractivity contribution >= 4 is 35.2 Å². The molecular formula is C19H18ClFN2O5. The number of amides is 3. The second-order valence-corrected chi connectivity index (χ2v) is 6.56. The first kappa shape index (κ1) is 21.2. The molecule has 0 saturated carbocycles. The first-order valence-corrected chi connectivity index (χ1v) is 8.52. The average Bonchev–Trinajstić information content (AvgIpc) is 2.63. The van der Waals surface area contributed by atoms with Gasteiger partial charge in [-0.15, -0.1) is 0 Å². The molecule has 0 fully saturated rings. The van der Waals surface area contributed by atoms with E-state index in [1.165, 1.54) is 32.0 Å². The van der Waals surface area contributed by atoms with E-state index in [4.69, 9.17) is 21.1 Å². The van der Waals surface area contributed by atoms with Crippen molar-refractivity contribution in [3.05, 3.63) is 59.4 Å². The van der Waals surface area contributed by atoms with Gasteiger partial charge in [0.25, 0.3) is 5.91 Å². The van der Waals surface area contributed by atoms with Gasteiger partial charge in [0.2, 0.25) is 0 Å². The van der Waals surface area contributed by atoms with Crippen molar-refractivity contribution in [2.45, 2.75) is 19.4 Å². The van der Waals surface area contributed by atoms with Gasteiger partial charge in [-0.2, -0.15) is 0 Å². The number of benzene rings is 2. The summed E-state index contributed by atoms with van der Waals surface area (Å²) in [5.41, 5.74) is -1.48. The van der Waals surface area contributed by atoms with E-state index < -0.39 is 35.9 Å². The zero-order chi connectivity index (χ0) is 20.7. The summed E-state index contributed by atoms with van der Waals surface area (Å²) in [7, 11) is 0. The number of urea groups is 1. The summed E-state index contributed by atoms with van der Waals surface area (Å²) in [6.45, 7) is 2.22. The second kappa shape index (κ2) is 9.18. The summed E-state index contributed by atoms with van der Waals surface area (Å²) in [6, 6.07) is 10.9. The molecule has 2 aromatic rings. The van der Waals surface area contributed by atoms with Crippen LogP contribution in [0.5, 0.6) is 5.75 Å². The maximum absolute atomic E-state index is 13.5. The quantitative estimate of drug-likeness (QED) is 0.713. The fraction of sp³-hybridized carbons (Fsp3) is 0.211. The fourth-order valence-electron chi connectivity index (χ4n) is 2.02. The Hall–Kier alpha value is -3.13. The molecule has 0 aliphatic rings. The van der Waals surface area contributed by atoms with Crippen LogP contribution in [0, 0.1) is 5.82 Å². The molecular weight excluding hydrogens is 391 g/mol. The highest BCUT2D eigenvalue weighted by Crippen LogP contribution is 2.21. The summed E-state index contributed by atoms with van der Waals surface area (Å²) in [4.78, 5) is 35.6. The lowest BCUT2D eigenvalue weighted by atomic mass is 10.1. The monoisotopic (exact) mass is 408 g/mol. The molecule has 0 atom stereocenters. The molecule has 148 valence electrons. The van der Waals surface area contributed by atoms with Crippen molar-refractivity contribution in [3.8, 4) is 5.75 Å². The first-order chi connectivity index (χ1) is 13.2. The van der Waals surface area contributed by atoms with Crippen molar-refractivity contribution < 1.29 is 28.2 Å². The Morgan fingerprint density at radius 2 is 1.71 bits per heavy atom. The smallest absolute Gasteiger partial charge is 0.350 e. The fourth-order valence-corrected chi connectivity index (χ4v) is 2.15. The zero-order valence-electron chi connectivity index (χ0n) is 15.1. The van der Waals surface area contributed by atoms with Gasteiger partial charge < -0.3 is 14.8 Å². The Labute approximate surface area is 165 Å². The Morgan fingerprint density at radius 3 is 2.36 bits per heavy atom. The lowest BCUT2D eigenvalue weighted by molar-refractivity contribution is -0.161. The van der Waals surface area contributed by atoms with Crippen LogP contribution in [0.25, 0.3) is 0 Å². The summed E-state index contributed by atoms with van der Waals surface area (Å²) < 4.78 is 23.9. The number of carbonyl (C=O) groups excluding carboxylic acids is 3. The van der Waals surface area contributed by atoms with Crippen LogP contribution in [0.2, 0.25) is 5.02 Å². The van der Waals surface area contributed by atoms with E-state index >= 15 is 0 Å². The highest BCUT2D eigenvalue weighted by Gasteiger charge is 2.32. The molecule has 7 nitrogen and oxygen atoms in total. The molecule has 28 heavy (non-hydrogen) atoms. The van der Waals surface area contributed by atoms with E-state index in [9.17, 15) is 18.8 Å². The van der Waals surface area contributed by atoms with Crippen LogP contribution in [-0.4, -0.2) is 30.1 Å². The molecule has 3 amide bonds. The Kier molecular flexibility index (Phi) is 6.94. The number of carbonyl (C=O) groups is 3. The molecule has 0 saturated heterocycles. The molecule has 2 rings (SSSR count). The standard InChI is InChI=1S/C19H18ClFN2O5/c1-19(2,28-13-9-7-12(20)8-10-13)17(25)27-11-16(24)23-18(26)22-15-6-4-3-5-14(15)21/h3-10H,11H2,1-2H3,(H2,22,23,24,26). The Balaban J connectivity index is 1.82. The second-order valence-electron chi connectivity index (χ2n) is 6.12. The van der Waals surface area contributed by atoms with Crippen molar-refractivity contribution in [2.75, 3.05) is 11.9 Å². The van der Waals surface area contributed by atoms with Crippen molar-refractivity contribution in [2.24, 2.45) is 0 Å². The van der Waals surface area contributed by atoms with Gasteiger partial charge in [-0.1, -0.05) is 23.7 Å². The van der Waals surface area contributed by atoms with Gasteiger partial charge in [0.15, 0.2) is 12.2 Å². The minimum absolute atomic E-state index is 0.0951. The average molecular weight is 409 g/mol. The molecule has 0 aromatic heterocycles. The van der Waals surface area contributed by atoms with Crippen LogP contribution in [0.4, 0.5) is 14.9 Å². The maximum Gasteiger partial charge on any atom is 0.350 e. The topological polar surface area (TPSA) is 93.7 Å². The molecule has 0 bridgehead atoms. The van der Waals surface area contributed by atoms with E-state index in [1.54, 1.807) is 24.3 Å². The van der Waals surface area contributed by atoms with Crippen LogP contribution < -0.4 is 15.4 Å². The van der Waals surface area contributed by atoms with E-state index in [-0.39, 0.29) is 5.69 Å².